The minimum atomic E-state index is -0.746. The van der Waals surface area contributed by atoms with Crippen LogP contribution in [0, 0.1) is 18.3 Å². The maximum absolute atomic E-state index is 13.4. The Morgan fingerprint density at radius 1 is 1.18 bits per heavy atom. The molecule has 0 radical (unpaired) electrons. The van der Waals surface area contributed by atoms with Crippen molar-refractivity contribution < 1.29 is 19.1 Å². The largest absolute Gasteiger partial charge is 0.484 e. The highest BCUT2D eigenvalue weighted by atomic mass is 35.5. The maximum Gasteiger partial charge on any atom is 0.332 e. The Labute approximate surface area is 199 Å². The molecule has 0 aromatic heterocycles. The Morgan fingerprint density at radius 2 is 1.91 bits per heavy atom. The molecule has 4 amide bonds. The summed E-state index contributed by atoms with van der Waals surface area (Å²) in [5, 5.41) is 9.96. The molecule has 3 aliphatic rings. The molecule has 0 N–H and O–H groups in total. The third kappa shape index (κ3) is 3.31. The van der Waals surface area contributed by atoms with E-state index in [9.17, 15) is 19.6 Å². The molecule has 33 heavy (non-hydrogen) atoms. The van der Waals surface area contributed by atoms with Gasteiger partial charge in [0.15, 0.2) is 6.61 Å². The number of urea groups is 1. The van der Waals surface area contributed by atoms with Crippen molar-refractivity contribution in [1.82, 2.24) is 9.80 Å². The number of rotatable bonds is 4. The topological polar surface area (TPSA) is 94.0 Å². The second kappa shape index (κ2) is 7.94. The molecular formula is C23H18Cl2N4O4. The second-order valence-electron chi connectivity index (χ2n) is 8.24. The molecule has 8 nitrogen and oxygen atoms in total. The Balaban J connectivity index is 1.35. The van der Waals surface area contributed by atoms with Crippen LogP contribution in [0.3, 0.4) is 0 Å². The molecule has 10 heteroatoms. The van der Waals surface area contributed by atoms with Gasteiger partial charge < -0.3 is 14.5 Å². The first-order chi connectivity index (χ1) is 15.8. The fourth-order valence-corrected chi connectivity index (χ4v) is 5.26. The molecule has 3 atom stereocenters. The van der Waals surface area contributed by atoms with E-state index in [2.05, 4.69) is 0 Å². The molecule has 0 spiro atoms. The van der Waals surface area contributed by atoms with E-state index < -0.39 is 24.0 Å². The van der Waals surface area contributed by atoms with Gasteiger partial charge in [0.1, 0.15) is 17.9 Å². The van der Waals surface area contributed by atoms with Gasteiger partial charge in [0, 0.05) is 11.6 Å². The molecule has 3 fully saturated rings. The Bertz CT molecular complexity index is 1230. The molecule has 2 aromatic carbocycles. The van der Waals surface area contributed by atoms with Crippen LogP contribution in [0.15, 0.2) is 36.4 Å². The predicted octanol–water partition coefficient (Wildman–Crippen LogP) is 3.37. The number of fused-ring (bicyclic) bond motifs is 5. The lowest BCUT2D eigenvalue weighted by Gasteiger charge is -2.34. The monoisotopic (exact) mass is 484 g/mol. The summed E-state index contributed by atoms with van der Waals surface area (Å²) >= 11 is 12.1. The lowest BCUT2D eigenvalue weighted by atomic mass is 10.1. The predicted molar refractivity (Wildman–Crippen MR) is 120 cm³/mol. The van der Waals surface area contributed by atoms with Crippen molar-refractivity contribution in [2.24, 2.45) is 0 Å². The summed E-state index contributed by atoms with van der Waals surface area (Å²) in [7, 11) is 0. The number of nitrogens with zero attached hydrogens (tertiary/aromatic N) is 4. The molecule has 168 valence electrons. The van der Waals surface area contributed by atoms with Crippen molar-refractivity contribution >= 4 is 46.7 Å². The summed E-state index contributed by atoms with van der Waals surface area (Å²) in [5.41, 5.74) is 1.11. The zero-order chi connectivity index (χ0) is 23.4. The molecule has 2 aromatic rings. The van der Waals surface area contributed by atoms with E-state index in [1.165, 1.54) is 6.07 Å². The number of amides is 4. The summed E-state index contributed by atoms with van der Waals surface area (Å²) in [6.07, 6.45) is 0.551. The van der Waals surface area contributed by atoms with Gasteiger partial charge in [-0.3, -0.25) is 9.59 Å². The molecule has 3 heterocycles. The molecule has 0 aliphatic carbocycles. The Morgan fingerprint density at radius 3 is 2.61 bits per heavy atom. The molecule has 5 rings (SSSR count). The number of benzene rings is 2. The number of likely N-dealkylation sites (tertiary alicyclic amines) is 1. The van der Waals surface area contributed by atoms with Crippen LogP contribution >= 0.6 is 23.2 Å². The van der Waals surface area contributed by atoms with Gasteiger partial charge in [-0.05, 0) is 55.3 Å². The summed E-state index contributed by atoms with van der Waals surface area (Å²) < 4.78 is 5.58. The van der Waals surface area contributed by atoms with E-state index in [0.717, 1.165) is 4.90 Å². The number of carbonyl (C=O) groups excluding carboxylic acids is 3. The number of anilines is 1. The fraction of sp³-hybridized carbons (Fsp3) is 0.304. The molecule has 2 bridgehead atoms. The molecule has 0 saturated carbocycles. The normalized spacial score (nSPS) is 23.2. The average molecular weight is 485 g/mol. The van der Waals surface area contributed by atoms with Crippen LogP contribution in [0.25, 0.3) is 0 Å². The minimum Gasteiger partial charge on any atom is -0.484 e. The van der Waals surface area contributed by atoms with E-state index in [4.69, 9.17) is 27.9 Å². The standard InChI is InChI=1S/C23H18Cl2N4O4/c1-12-17(7-2-13(9-26)20(12)25)29-22(31)21-18-8-15(28(21)23(29)32)10-27(18)19(30)11-33-16-5-3-14(24)4-6-16/h2-7,15,18,21H,8,10-11H2,1H3/t15-,18?,21?/m1/s1. The highest BCUT2D eigenvalue weighted by Gasteiger charge is 2.63. The zero-order valence-electron chi connectivity index (χ0n) is 17.5. The summed E-state index contributed by atoms with van der Waals surface area (Å²) in [6.45, 7) is 1.85. The van der Waals surface area contributed by atoms with Crippen LogP contribution in [-0.4, -0.2) is 58.9 Å². The lowest BCUT2D eigenvalue weighted by Crippen LogP contribution is -2.55. The van der Waals surface area contributed by atoms with E-state index in [1.54, 1.807) is 47.1 Å². The van der Waals surface area contributed by atoms with Gasteiger partial charge in [-0.2, -0.15) is 5.26 Å². The van der Waals surface area contributed by atoms with Crippen LogP contribution in [0.2, 0.25) is 10.0 Å². The average Bonchev–Trinajstić information content (AvgIpc) is 3.47. The quantitative estimate of drug-likeness (QED) is 0.620. The fourth-order valence-electron chi connectivity index (χ4n) is 4.93. The van der Waals surface area contributed by atoms with E-state index in [1.807, 2.05) is 6.07 Å². The van der Waals surface area contributed by atoms with Gasteiger partial charge in [0.05, 0.1) is 28.4 Å². The van der Waals surface area contributed by atoms with Crippen molar-refractivity contribution in [2.75, 3.05) is 18.1 Å². The first-order valence-corrected chi connectivity index (χ1v) is 11.1. The summed E-state index contributed by atoms with van der Waals surface area (Å²) in [4.78, 5) is 43.8. The first-order valence-electron chi connectivity index (χ1n) is 10.3. The number of hydrogen-bond donors (Lipinski definition) is 0. The molecule has 3 aliphatic heterocycles. The summed E-state index contributed by atoms with van der Waals surface area (Å²) in [6, 6.07) is 9.92. The first kappa shape index (κ1) is 21.6. The number of hydrogen-bond acceptors (Lipinski definition) is 5. The van der Waals surface area contributed by atoms with E-state index in [-0.39, 0.29) is 29.1 Å². The SMILES string of the molecule is Cc1c(N2C(=O)C3C4C[C@H](CN4C(=O)COc4ccc(Cl)cc4)N3C2=O)ccc(C#N)c1Cl. The number of piperazine rings is 1. The van der Waals surface area contributed by atoms with Crippen LogP contribution in [0.4, 0.5) is 10.5 Å². The van der Waals surface area contributed by atoms with Crippen LogP contribution in [0.1, 0.15) is 17.5 Å². The highest BCUT2D eigenvalue weighted by molar-refractivity contribution is 6.33. The van der Waals surface area contributed by atoms with E-state index in [0.29, 0.717) is 35.0 Å². The minimum absolute atomic E-state index is 0.173. The van der Waals surface area contributed by atoms with E-state index >= 15 is 0 Å². The Hall–Kier alpha value is -3.28. The van der Waals surface area contributed by atoms with Crippen molar-refractivity contribution in [3.63, 3.8) is 0 Å². The number of imide groups is 1. The molecular weight excluding hydrogens is 467 g/mol. The van der Waals surface area contributed by atoms with Gasteiger partial charge in [0.2, 0.25) is 0 Å². The number of carbonyl (C=O) groups is 3. The Kier molecular flexibility index (Phi) is 5.19. The van der Waals surface area contributed by atoms with Gasteiger partial charge in [-0.25, -0.2) is 9.69 Å². The zero-order valence-corrected chi connectivity index (χ0v) is 19.0. The number of halogens is 2. The third-order valence-electron chi connectivity index (χ3n) is 6.48. The van der Waals surface area contributed by atoms with Crippen LogP contribution in [-0.2, 0) is 9.59 Å². The van der Waals surface area contributed by atoms with Crippen molar-refractivity contribution in [3.05, 3.63) is 57.6 Å². The molecule has 3 saturated heterocycles. The lowest BCUT2D eigenvalue weighted by molar-refractivity contribution is -0.137. The molecule has 2 unspecified atom stereocenters. The van der Waals surface area contributed by atoms with Gasteiger partial charge in [0.25, 0.3) is 11.8 Å². The summed E-state index contributed by atoms with van der Waals surface area (Å²) in [5.74, 6) is -0.119. The number of nitriles is 1. The van der Waals surface area contributed by atoms with Gasteiger partial charge in [-0.1, -0.05) is 23.2 Å². The number of ether oxygens (including phenoxy) is 1. The second-order valence-corrected chi connectivity index (χ2v) is 9.05. The smallest absolute Gasteiger partial charge is 0.332 e. The highest BCUT2D eigenvalue weighted by Crippen LogP contribution is 2.43. The maximum atomic E-state index is 13.4. The van der Waals surface area contributed by atoms with Crippen molar-refractivity contribution in [2.45, 2.75) is 31.5 Å². The van der Waals surface area contributed by atoms with Gasteiger partial charge >= 0.3 is 6.03 Å². The van der Waals surface area contributed by atoms with Gasteiger partial charge in [-0.15, -0.1) is 0 Å². The van der Waals surface area contributed by atoms with Crippen LogP contribution in [0.5, 0.6) is 5.75 Å². The van der Waals surface area contributed by atoms with Crippen molar-refractivity contribution in [3.8, 4) is 11.8 Å². The third-order valence-corrected chi connectivity index (χ3v) is 7.22. The van der Waals surface area contributed by atoms with Crippen molar-refractivity contribution in [1.29, 1.82) is 5.26 Å². The van der Waals surface area contributed by atoms with Crippen LogP contribution < -0.4 is 9.64 Å².